The summed E-state index contributed by atoms with van der Waals surface area (Å²) in [6.45, 7) is 15.4. The highest BCUT2D eigenvalue weighted by molar-refractivity contribution is 5.96. The molecule has 8 aliphatic carbocycles. The van der Waals surface area contributed by atoms with Gasteiger partial charge in [-0.2, -0.15) is 10.2 Å². The van der Waals surface area contributed by atoms with E-state index in [-0.39, 0.29) is 62.6 Å². The zero-order chi connectivity index (χ0) is 77.8. The van der Waals surface area contributed by atoms with Gasteiger partial charge in [0.2, 0.25) is 5.91 Å². The Morgan fingerprint density at radius 3 is 1.39 bits per heavy atom. The van der Waals surface area contributed by atoms with E-state index in [0.29, 0.717) is 152 Å². The standard InChI is InChI=1S/C45H55FN4O5.C25H38O4.C20H19FN4O2/c1-44-19-17-31(51)28-30(44)12-13-34-36-14-16-40(45(36,2)20-18-37(34)44)55-25-7-3-4-10-41(52)49-21-23-50(24-22-49)43(54)35-26-29(11-15-38(35)46)27-39-32-8-5-6-9-33(32)42(53)48-47-39;1-24-13-11-18(26)16-17(24)7-8-19-20-9-10-22(25(20,2)14-12-21(19)24)29-15-5-3-4-6-23(27)28;21-17-6-5-13(11-16(17)20(27)25-9-7-22-8-10-25)12-18-14-3-1-2-4-15(14)19(26)24-23-18/h5-6,8-9,11,15,17,19,26,30,34,36-37,40H,3-4,7,10,12-14,16,18,20-25,27-28H2,1-2H3,(H,48,53);11,13,17,19-22H,3-10,12,14-16H2,1-2H3,(H,27,28);1-6,11,22H,7-10,12H2,(H,24,26)/t30-,34-,36-,37-,40-,44-,45-;17-,19-,20-,21-,22-,24-,25-;/m00./s1. The van der Waals surface area contributed by atoms with Crippen LogP contribution in [0, 0.1) is 80.6 Å². The van der Waals surface area contributed by atoms with Gasteiger partial charge in [0.15, 0.2) is 11.6 Å². The molecule has 0 radical (unpaired) electrons. The summed E-state index contributed by atoms with van der Waals surface area (Å²) >= 11 is 0. The number of hydrogen-bond acceptors (Lipinski definition) is 13. The molecule has 592 valence electrons. The van der Waals surface area contributed by atoms with Crippen molar-refractivity contribution in [3.63, 3.8) is 0 Å². The zero-order valence-electron chi connectivity index (χ0n) is 65.2. The van der Waals surface area contributed by atoms with E-state index >= 15 is 0 Å². The molecule has 4 heterocycles. The Hall–Kier alpha value is -8.40. The topological polar surface area (TPSA) is 254 Å². The van der Waals surface area contributed by atoms with Gasteiger partial charge in [0.05, 0.1) is 45.5 Å². The van der Waals surface area contributed by atoms with Gasteiger partial charge in [-0.3, -0.25) is 38.4 Å². The maximum Gasteiger partial charge on any atom is 0.303 e. The number of carbonyl (C=O) groups excluding carboxylic acids is 5. The molecule has 2 aromatic heterocycles. The molecule has 0 unspecified atom stereocenters. The number of unbranched alkanes of at least 4 members (excludes halogenated alkanes) is 4. The number of piperazine rings is 2. The number of carbonyl (C=O) groups is 6. The van der Waals surface area contributed by atoms with Crippen molar-refractivity contribution in [1.82, 2.24) is 40.4 Å². The fourth-order valence-corrected chi connectivity index (χ4v) is 22.5. The molecule has 19 nitrogen and oxygen atoms in total. The third-order valence-corrected chi connectivity index (χ3v) is 28.8. The molecule has 3 amide bonds. The van der Waals surface area contributed by atoms with E-state index in [1.54, 1.807) is 58.3 Å². The molecule has 0 bridgehead atoms. The molecule has 16 rings (SSSR count). The van der Waals surface area contributed by atoms with Gasteiger partial charge in [0.25, 0.3) is 22.9 Å². The van der Waals surface area contributed by atoms with Crippen LogP contribution in [0.3, 0.4) is 0 Å². The molecule has 21 heteroatoms. The lowest BCUT2D eigenvalue weighted by Gasteiger charge is -2.58. The fourth-order valence-electron chi connectivity index (χ4n) is 22.5. The molecule has 6 saturated carbocycles. The smallest absolute Gasteiger partial charge is 0.303 e. The van der Waals surface area contributed by atoms with Gasteiger partial charge >= 0.3 is 5.97 Å². The van der Waals surface area contributed by atoms with E-state index in [9.17, 15) is 47.1 Å². The lowest BCUT2D eigenvalue weighted by molar-refractivity contribution is -0.137. The van der Waals surface area contributed by atoms with Crippen molar-refractivity contribution in [2.75, 3.05) is 65.6 Å². The van der Waals surface area contributed by atoms with Gasteiger partial charge in [-0.1, -0.05) is 101 Å². The highest BCUT2D eigenvalue weighted by atomic mass is 19.1. The second kappa shape index (κ2) is 34.1. The predicted octanol–water partition coefficient (Wildman–Crippen LogP) is 14.4. The van der Waals surface area contributed by atoms with Gasteiger partial charge in [0, 0.05) is 115 Å². The maximum atomic E-state index is 15.0. The number of carboxylic acids is 1. The highest BCUT2D eigenvalue weighted by Crippen LogP contribution is 2.67. The Balaban J connectivity index is 0.000000153. The molecule has 8 fully saturated rings. The fraction of sp³-hybridized carbons (Fsp3) is 0.578. The molecule has 14 atom stereocenters. The molecule has 2 saturated heterocycles. The average molecular weight is 1520 g/mol. The summed E-state index contributed by atoms with van der Waals surface area (Å²) < 4.78 is 42.3. The van der Waals surface area contributed by atoms with Crippen LogP contribution in [0.25, 0.3) is 21.5 Å². The van der Waals surface area contributed by atoms with Gasteiger partial charge in [-0.15, -0.1) is 0 Å². The number of benzene rings is 4. The number of rotatable bonds is 20. The molecular weight excluding hydrogens is 1410 g/mol. The number of H-pyrrole nitrogens is 2. The number of ketones is 2. The third-order valence-electron chi connectivity index (χ3n) is 28.8. The predicted molar refractivity (Wildman–Crippen MR) is 422 cm³/mol. The van der Waals surface area contributed by atoms with Crippen LogP contribution in [0.4, 0.5) is 8.78 Å². The first-order chi connectivity index (χ1) is 53.5. The summed E-state index contributed by atoms with van der Waals surface area (Å²) in [5, 5.41) is 27.9. The quantitative estimate of drug-likeness (QED) is 0.0519. The van der Waals surface area contributed by atoms with Crippen molar-refractivity contribution in [2.24, 2.45) is 69.0 Å². The van der Waals surface area contributed by atoms with E-state index in [0.717, 1.165) is 111 Å². The van der Waals surface area contributed by atoms with Crippen LogP contribution >= 0.6 is 0 Å². The molecule has 4 N–H and O–H groups in total. The number of carboxylic acid groups (broad SMARTS) is 1. The van der Waals surface area contributed by atoms with Crippen molar-refractivity contribution in [2.45, 2.75) is 194 Å². The Labute approximate surface area is 649 Å². The molecule has 10 aliphatic rings. The average Bonchev–Trinajstić information content (AvgIpc) is 1.71. The normalized spacial score (nSPS) is 29.9. The van der Waals surface area contributed by atoms with Crippen LogP contribution in [-0.2, 0) is 41.5 Å². The van der Waals surface area contributed by atoms with Crippen LogP contribution in [0.1, 0.15) is 212 Å². The summed E-state index contributed by atoms with van der Waals surface area (Å²) in [4.78, 5) is 103. The molecule has 4 aromatic carbocycles. The number of aromatic nitrogens is 4. The largest absolute Gasteiger partial charge is 0.481 e. The number of amides is 3. The second-order valence-corrected chi connectivity index (χ2v) is 34.8. The Morgan fingerprint density at radius 2 is 0.928 bits per heavy atom. The van der Waals surface area contributed by atoms with Crippen molar-refractivity contribution >= 4 is 56.8 Å². The molecule has 111 heavy (non-hydrogen) atoms. The van der Waals surface area contributed by atoms with Crippen molar-refractivity contribution in [3.8, 4) is 0 Å². The number of allylic oxidation sites excluding steroid dienone is 4. The van der Waals surface area contributed by atoms with E-state index in [1.807, 2.05) is 41.3 Å². The van der Waals surface area contributed by atoms with Gasteiger partial charge < -0.3 is 34.6 Å². The maximum absolute atomic E-state index is 15.0. The number of ether oxygens (including phenoxy) is 2. The van der Waals surface area contributed by atoms with Gasteiger partial charge in [0.1, 0.15) is 11.6 Å². The first-order valence-electron chi connectivity index (χ1n) is 41.5. The molecular formula is C90H112F2N8O11. The molecule has 6 aromatic rings. The minimum absolute atomic E-state index is 0.000105. The number of nitrogens with zero attached hydrogens (tertiary/aromatic N) is 5. The van der Waals surface area contributed by atoms with E-state index in [1.165, 1.54) is 82.8 Å². The van der Waals surface area contributed by atoms with Crippen LogP contribution in [0.5, 0.6) is 0 Å². The zero-order valence-corrected chi connectivity index (χ0v) is 65.2. The lowest BCUT2D eigenvalue weighted by Crippen LogP contribution is -2.53. The van der Waals surface area contributed by atoms with Crippen molar-refractivity contribution in [1.29, 1.82) is 0 Å². The van der Waals surface area contributed by atoms with E-state index in [2.05, 4.69) is 65.6 Å². The Bertz CT molecular complexity index is 4620. The van der Waals surface area contributed by atoms with Crippen molar-refractivity contribution < 1.29 is 52.1 Å². The number of aromatic amines is 2. The summed E-state index contributed by atoms with van der Waals surface area (Å²) in [5.41, 5.74) is 3.24. The highest BCUT2D eigenvalue weighted by Gasteiger charge is 2.62. The van der Waals surface area contributed by atoms with Crippen molar-refractivity contribution in [3.05, 3.63) is 175 Å². The van der Waals surface area contributed by atoms with E-state index < -0.39 is 17.6 Å². The Kier molecular flexibility index (Phi) is 24.4. The summed E-state index contributed by atoms with van der Waals surface area (Å²) in [7, 11) is 0. The van der Waals surface area contributed by atoms with Crippen LogP contribution in [0.2, 0.25) is 0 Å². The number of halogens is 2. The summed E-state index contributed by atoms with van der Waals surface area (Å²) in [6.07, 6.45) is 32.0. The molecule has 0 spiro atoms. The number of aliphatic carboxylic acids is 1. The minimum atomic E-state index is -0.700. The van der Waals surface area contributed by atoms with E-state index in [4.69, 9.17) is 14.6 Å². The minimum Gasteiger partial charge on any atom is -0.481 e. The van der Waals surface area contributed by atoms with Crippen LogP contribution in [-0.4, -0.2) is 153 Å². The Morgan fingerprint density at radius 1 is 0.495 bits per heavy atom. The summed E-state index contributed by atoms with van der Waals surface area (Å²) in [6, 6.07) is 23.5. The first kappa shape index (κ1) is 79.3. The second-order valence-electron chi connectivity index (χ2n) is 34.8. The first-order valence-corrected chi connectivity index (χ1v) is 41.5. The monoisotopic (exact) mass is 1520 g/mol. The van der Waals surface area contributed by atoms with Crippen LogP contribution in [0.15, 0.2) is 119 Å². The third kappa shape index (κ3) is 16.7. The number of hydrogen-bond donors (Lipinski definition) is 4. The lowest BCUT2D eigenvalue weighted by atomic mass is 9.46. The number of fused-ring (bicyclic) bond motifs is 12. The molecule has 2 aliphatic heterocycles. The summed E-state index contributed by atoms with van der Waals surface area (Å²) in [5.74, 6) is 3.64. The SMILES string of the molecule is C[C@]12C=CC(=O)C[C@@H]1CC[C@@H]1[C@@H]2CC[C@]2(C)[C@@H](OCCCCCC(=O)N3CCN(C(=O)c4cc(Cc5n[nH]c(=O)c6ccccc56)ccc4F)CC3)CC[C@@H]12.C[C@]12C=CC(=O)C[C@@H]1CC[C@@H]1[C@@H]2CC[C@]2(C)[C@@H](OCCCCCC(=O)O)CC[C@@H]12.O=C(c1cc(Cc2n[nH]c(=O)c3ccccc23)ccc1F)N1CCNCC1. The van der Waals surface area contributed by atoms with Gasteiger partial charge in [-0.25, -0.2) is 19.0 Å². The van der Waals surface area contributed by atoms with Gasteiger partial charge in [-0.05, 0) is 231 Å². The van der Waals surface area contributed by atoms with Crippen LogP contribution < -0.4 is 16.4 Å². The number of nitrogens with one attached hydrogen (secondary N) is 3.